The number of hydrogen-bond donors (Lipinski definition) is 1. The van der Waals surface area contributed by atoms with Gasteiger partial charge >= 0.3 is 0 Å². The lowest BCUT2D eigenvalue weighted by molar-refractivity contribution is 0.00226. The van der Waals surface area contributed by atoms with Gasteiger partial charge in [-0.25, -0.2) is 0 Å². The second-order valence-electron chi connectivity index (χ2n) is 5.85. The third kappa shape index (κ3) is 3.74. The predicted octanol–water partition coefficient (Wildman–Crippen LogP) is 3.39. The molecule has 2 aliphatic rings. The summed E-state index contributed by atoms with van der Waals surface area (Å²) in [5.41, 5.74) is 6.39. The average molecular weight is 225 g/mol. The number of hydrogen-bond acceptors (Lipinski definition) is 2. The first kappa shape index (κ1) is 12.4. The Morgan fingerprint density at radius 1 is 0.875 bits per heavy atom. The summed E-state index contributed by atoms with van der Waals surface area (Å²) in [7, 11) is 0. The van der Waals surface area contributed by atoms with E-state index in [2.05, 4.69) is 0 Å². The van der Waals surface area contributed by atoms with Gasteiger partial charge in [-0.05, 0) is 25.7 Å². The average Bonchev–Trinajstić information content (AvgIpc) is 2.56. The minimum atomic E-state index is 0.00452. The van der Waals surface area contributed by atoms with Crippen molar-refractivity contribution in [3.63, 3.8) is 0 Å². The minimum absolute atomic E-state index is 0.00452. The van der Waals surface area contributed by atoms with Crippen molar-refractivity contribution in [3.8, 4) is 0 Å². The van der Waals surface area contributed by atoms with Crippen LogP contribution in [0.1, 0.15) is 70.6 Å². The van der Waals surface area contributed by atoms with E-state index in [0.717, 1.165) is 6.61 Å². The van der Waals surface area contributed by atoms with Gasteiger partial charge in [-0.1, -0.05) is 44.9 Å². The largest absolute Gasteiger partial charge is 0.376 e. The summed E-state index contributed by atoms with van der Waals surface area (Å²) in [6.45, 7) is 0.803. The number of ether oxygens (including phenoxy) is 1. The first-order valence-electron chi connectivity index (χ1n) is 7.19. The third-order valence-corrected chi connectivity index (χ3v) is 4.26. The van der Waals surface area contributed by atoms with Gasteiger partial charge < -0.3 is 10.5 Å². The number of nitrogens with two attached hydrogens (primary N) is 1. The highest BCUT2D eigenvalue weighted by molar-refractivity contribution is 4.87. The summed E-state index contributed by atoms with van der Waals surface area (Å²) in [6.07, 6.45) is 14.8. The monoisotopic (exact) mass is 225 g/mol. The van der Waals surface area contributed by atoms with Crippen molar-refractivity contribution in [2.75, 3.05) is 6.61 Å². The summed E-state index contributed by atoms with van der Waals surface area (Å²) in [5.74, 6) is 0. The fourth-order valence-corrected chi connectivity index (χ4v) is 3.09. The molecule has 0 aliphatic heterocycles. The normalized spacial score (nSPS) is 27.6. The third-order valence-electron chi connectivity index (χ3n) is 4.26. The van der Waals surface area contributed by atoms with Gasteiger partial charge in [0.2, 0.25) is 0 Å². The summed E-state index contributed by atoms with van der Waals surface area (Å²) >= 11 is 0. The molecular formula is C14H27NO. The molecule has 0 aromatic heterocycles. The van der Waals surface area contributed by atoms with E-state index in [1.807, 2.05) is 0 Å². The SMILES string of the molecule is NC1(COC2CCCCCC2)CCCCC1. The zero-order chi connectivity index (χ0) is 11.3. The highest BCUT2D eigenvalue weighted by Gasteiger charge is 2.28. The maximum absolute atomic E-state index is 6.39. The molecule has 2 saturated carbocycles. The van der Waals surface area contributed by atoms with Gasteiger partial charge in [-0.15, -0.1) is 0 Å². The summed E-state index contributed by atoms with van der Waals surface area (Å²) in [6, 6.07) is 0. The van der Waals surface area contributed by atoms with Gasteiger partial charge in [0.05, 0.1) is 12.7 Å². The van der Waals surface area contributed by atoms with Crippen molar-refractivity contribution < 1.29 is 4.74 Å². The molecule has 0 aromatic rings. The Hall–Kier alpha value is -0.0800. The molecule has 16 heavy (non-hydrogen) atoms. The molecule has 0 aromatic carbocycles. The second-order valence-corrected chi connectivity index (χ2v) is 5.85. The Morgan fingerprint density at radius 2 is 1.44 bits per heavy atom. The van der Waals surface area contributed by atoms with Crippen molar-refractivity contribution in [1.82, 2.24) is 0 Å². The van der Waals surface area contributed by atoms with Crippen LogP contribution in [-0.2, 0) is 4.74 Å². The van der Waals surface area contributed by atoms with Crippen LogP contribution in [0.4, 0.5) is 0 Å². The fourth-order valence-electron chi connectivity index (χ4n) is 3.09. The van der Waals surface area contributed by atoms with Crippen LogP contribution in [0.25, 0.3) is 0 Å². The highest BCUT2D eigenvalue weighted by atomic mass is 16.5. The molecule has 94 valence electrons. The molecule has 0 heterocycles. The molecule has 0 atom stereocenters. The Kier molecular flexibility index (Phi) is 4.66. The number of rotatable bonds is 3. The van der Waals surface area contributed by atoms with E-state index in [4.69, 9.17) is 10.5 Å². The van der Waals surface area contributed by atoms with Crippen LogP contribution in [0.2, 0.25) is 0 Å². The fraction of sp³-hybridized carbons (Fsp3) is 1.00. The summed E-state index contributed by atoms with van der Waals surface area (Å²) in [4.78, 5) is 0. The van der Waals surface area contributed by atoms with Crippen molar-refractivity contribution in [2.45, 2.75) is 82.3 Å². The summed E-state index contributed by atoms with van der Waals surface area (Å²) in [5, 5.41) is 0. The van der Waals surface area contributed by atoms with Gasteiger partial charge in [0.25, 0.3) is 0 Å². The Balaban J connectivity index is 1.72. The van der Waals surface area contributed by atoms with E-state index in [-0.39, 0.29) is 5.54 Å². The predicted molar refractivity (Wildman–Crippen MR) is 67.4 cm³/mol. The quantitative estimate of drug-likeness (QED) is 0.747. The molecular weight excluding hydrogens is 198 g/mol. The van der Waals surface area contributed by atoms with E-state index in [1.54, 1.807) is 0 Å². The lowest BCUT2D eigenvalue weighted by Crippen LogP contribution is -2.46. The Morgan fingerprint density at radius 3 is 2.06 bits per heavy atom. The molecule has 0 bridgehead atoms. The summed E-state index contributed by atoms with van der Waals surface area (Å²) < 4.78 is 6.08. The molecule has 2 aliphatic carbocycles. The van der Waals surface area contributed by atoms with E-state index in [0.29, 0.717) is 6.10 Å². The van der Waals surface area contributed by atoms with Gasteiger partial charge in [0.1, 0.15) is 0 Å². The lowest BCUT2D eigenvalue weighted by atomic mass is 9.83. The molecule has 2 N–H and O–H groups in total. The second kappa shape index (κ2) is 6.02. The molecule has 2 heteroatoms. The Labute approximate surface area is 99.9 Å². The van der Waals surface area contributed by atoms with Gasteiger partial charge in [0.15, 0.2) is 0 Å². The highest BCUT2D eigenvalue weighted by Crippen LogP contribution is 2.28. The van der Waals surface area contributed by atoms with E-state index < -0.39 is 0 Å². The van der Waals surface area contributed by atoms with Crippen LogP contribution in [0.15, 0.2) is 0 Å². The maximum Gasteiger partial charge on any atom is 0.0649 e. The van der Waals surface area contributed by atoms with Crippen LogP contribution < -0.4 is 5.73 Å². The lowest BCUT2D eigenvalue weighted by Gasteiger charge is -2.34. The molecule has 2 fully saturated rings. The van der Waals surface area contributed by atoms with Crippen LogP contribution in [0, 0.1) is 0 Å². The Bertz CT molecular complexity index is 191. The van der Waals surface area contributed by atoms with Crippen molar-refractivity contribution in [1.29, 1.82) is 0 Å². The van der Waals surface area contributed by atoms with Crippen LogP contribution in [0.3, 0.4) is 0 Å². The van der Waals surface area contributed by atoms with Gasteiger partial charge in [-0.2, -0.15) is 0 Å². The molecule has 2 nitrogen and oxygen atoms in total. The molecule has 0 spiro atoms. The van der Waals surface area contributed by atoms with Gasteiger partial charge in [0, 0.05) is 5.54 Å². The maximum atomic E-state index is 6.39. The van der Waals surface area contributed by atoms with Crippen molar-refractivity contribution in [3.05, 3.63) is 0 Å². The van der Waals surface area contributed by atoms with Crippen LogP contribution in [-0.4, -0.2) is 18.2 Å². The van der Waals surface area contributed by atoms with E-state index in [1.165, 1.54) is 70.6 Å². The standard InChI is InChI=1S/C14H27NO/c15-14(10-6-3-7-11-14)12-16-13-8-4-1-2-5-9-13/h13H,1-12,15H2. The topological polar surface area (TPSA) is 35.2 Å². The molecule has 0 radical (unpaired) electrons. The smallest absolute Gasteiger partial charge is 0.0649 e. The molecule has 0 unspecified atom stereocenters. The zero-order valence-corrected chi connectivity index (χ0v) is 10.5. The van der Waals surface area contributed by atoms with Crippen LogP contribution in [0.5, 0.6) is 0 Å². The van der Waals surface area contributed by atoms with E-state index >= 15 is 0 Å². The van der Waals surface area contributed by atoms with Gasteiger partial charge in [-0.3, -0.25) is 0 Å². The van der Waals surface area contributed by atoms with E-state index in [9.17, 15) is 0 Å². The first-order chi connectivity index (χ1) is 7.79. The van der Waals surface area contributed by atoms with Crippen molar-refractivity contribution >= 4 is 0 Å². The van der Waals surface area contributed by atoms with Crippen LogP contribution >= 0.6 is 0 Å². The molecule has 0 saturated heterocycles. The molecule has 2 rings (SSSR count). The van der Waals surface area contributed by atoms with Crippen molar-refractivity contribution in [2.24, 2.45) is 5.73 Å². The minimum Gasteiger partial charge on any atom is -0.376 e. The first-order valence-corrected chi connectivity index (χ1v) is 7.19. The molecule has 0 amide bonds. The zero-order valence-electron chi connectivity index (χ0n) is 10.5.